The van der Waals surface area contributed by atoms with Gasteiger partial charge in [-0.3, -0.25) is 0 Å². The third kappa shape index (κ3) is 3.05. The van der Waals surface area contributed by atoms with Crippen molar-refractivity contribution in [3.63, 3.8) is 0 Å². The van der Waals surface area contributed by atoms with Gasteiger partial charge in [0.2, 0.25) is 0 Å². The number of ether oxygens (including phenoxy) is 1. The standard InChI is InChI=1S/C13H13BrF2O3/c1-7(12(17)18)19-11-5-4-9(14)6-10(11)13(15,16)8-2-3-8/h4-8H,2-3H2,1H3,(H,17,18)/t7-/m0/s1. The Bertz CT molecular complexity index is 501. The molecule has 104 valence electrons. The Morgan fingerprint density at radius 1 is 1.53 bits per heavy atom. The van der Waals surface area contributed by atoms with Crippen molar-refractivity contribution < 1.29 is 23.4 Å². The van der Waals surface area contributed by atoms with Gasteiger partial charge in [-0.15, -0.1) is 0 Å². The van der Waals surface area contributed by atoms with Crippen LogP contribution in [0.15, 0.2) is 22.7 Å². The van der Waals surface area contributed by atoms with Crippen LogP contribution in [0.25, 0.3) is 0 Å². The van der Waals surface area contributed by atoms with Gasteiger partial charge in [0.15, 0.2) is 6.10 Å². The van der Waals surface area contributed by atoms with Crippen LogP contribution in [-0.4, -0.2) is 17.2 Å². The molecule has 6 heteroatoms. The molecular formula is C13H13BrF2O3. The second kappa shape index (κ2) is 5.07. The number of carbonyl (C=O) groups is 1. The number of carboxylic acid groups (broad SMARTS) is 1. The van der Waals surface area contributed by atoms with Crippen molar-refractivity contribution in [2.75, 3.05) is 0 Å². The first-order valence-corrected chi connectivity index (χ1v) is 6.69. The summed E-state index contributed by atoms with van der Waals surface area (Å²) < 4.78 is 34.0. The molecule has 0 saturated heterocycles. The van der Waals surface area contributed by atoms with Crippen molar-refractivity contribution in [2.45, 2.75) is 31.8 Å². The van der Waals surface area contributed by atoms with E-state index in [9.17, 15) is 13.6 Å². The van der Waals surface area contributed by atoms with Gasteiger partial charge in [-0.2, -0.15) is 0 Å². The maximum atomic E-state index is 14.2. The van der Waals surface area contributed by atoms with Crippen LogP contribution in [0.5, 0.6) is 5.75 Å². The minimum Gasteiger partial charge on any atom is -0.479 e. The summed E-state index contributed by atoms with van der Waals surface area (Å²) in [6.45, 7) is 1.31. The van der Waals surface area contributed by atoms with Gasteiger partial charge in [-0.05, 0) is 38.0 Å². The van der Waals surface area contributed by atoms with Crippen LogP contribution >= 0.6 is 15.9 Å². The van der Waals surface area contributed by atoms with E-state index in [0.29, 0.717) is 17.3 Å². The molecule has 3 nitrogen and oxygen atoms in total. The molecule has 1 saturated carbocycles. The second-order valence-corrected chi connectivity index (χ2v) is 5.55. The molecule has 0 spiro atoms. The fraction of sp³-hybridized carbons (Fsp3) is 0.462. The quantitative estimate of drug-likeness (QED) is 0.890. The van der Waals surface area contributed by atoms with Gasteiger partial charge in [-0.1, -0.05) is 15.9 Å². The summed E-state index contributed by atoms with van der Waals surface area (Å²) >= 11 is 3.15. The van der Waals surface area contributed by atoms with Crippen LogP contribution in [0.1, 0.15) is 25.3 Å². The van der Waals surface area contributed by atoms with Crippen LogP contribution < -0.4 is 4.74 Å². The highest BCUT2D eigenvalue weighted by Gasteiger charge is 2.49. The Balaban J connectivity index is 2.35. The molecule has 1 N–H and O–H groups in total. The number of halogens is 3. The number of aliphatic carboxylic acids is 1. The summed E-state index contributed by atoms with van der Waals surface area (Å²) in [5.74, 6) is -4.93. The zero-order valence-electron chi connectivity index (χ0n) is 10.2. The first-order chi connectivity index (χ1) is 8.82. The highest BCUT2D eigenvalue weighted by Crippen LogP contribution is 2.52. The minimum absolute atomic E-state index is 0.0741. The van der Waals surface area contributed by atoms with Crippen molar-refractivity contribution in [3.8, 4) is 5.75 Å². The summed E-state index contributed by atoms with van der Waals surface area (Å²) in [6.07, 6.45) is -0.212. The molecule has 0 heterocycles. The Morgan fingerprint density at radius 3 is 2.68 bits per heavy atom. The number of alkyl halides is 2. The average molecular weight is 335 g/mol. The van der Waals surface area contributed by atoms with Gasteiger partial charge in [0.25, 0.3) is 5.92 Å². The van der Waals surface area contributed by atoms with Crippen molar-refractivity contribution >= 4 is 21.9 Å². The Morgan fingerprint density at radius 2 is 2.16 bits per heavy atom. The third-order valence-corrected chi connectivity index (χ3v) is 3.54. The number of benzene rings is 1. The monoisotopic (exact) mass is 334 g/mol. The third-order valence-electron chi connectivity index (χ3n) is 3.04. The lowest BCUT2D eigenvalue weighted by atomic mass is 10.0. The summed E-state index contributed by atoms with van der Waals surface area (Å²) in [7, 11) is 0. The smallest absolute Gasteiger partial charge is 0.344 e. The second-order valence-electron chi connectivity index (χ2n) is 4.64. The van der Waals surface area contributed by atoms with Gasteiger partial charge >= 0.3 is 5.97 Å². The van der Waals surface area contributed by atoms with E-state index in [4.69, 9.17) is 9.84 Å². The lowest BCUT2D eigenvalue weighted by molar-refractivity contribution is -0.144. The molecule has 1 atom stereocenters. The highest BCUT2D eigenvalue weighted by molar-refractivity contribution is 9.10. The van der Waals surface area contributed by atoms with Crippen LogP contribution in [0.3, 0.4) is 0 Å². The summed E-state index contributed by atoms with van der Waals surface area (Å²) in [4.78, 5) is 10.8. The SMILES string of the molecule is C[C@H](Oc1ccc(Br)cc1C(F)(F)C1CC1)C(=O)O. The Labute approximate surface area is 117 Å². The largest absolute Gasteiger partial charge is 0.479 e. The molecule has 1 aliphatic rings. The van der Waals surface area contributed by atoms with Crippen LogP contribution in [0, 0.1) is 5.92 Å². The average Bonchev–Trinajstić information content (AvgIpc) is 3.15. The summed E-state index contributed by atoms with van der Waals surface area (Å²) in [6, 6.07) is 4.22. The van der Waals surface area contributed by atoms with Gasteiger partial charge in [0, 0.05) is 10.4 Å². The van der Waals surface area contributed by atoms with E-state index in [1.165, 1.54) is 19.1 Å². The maximum Gasteiger partial charge on any atom is 0.344 e. The molecule has 0 aromatic heterocycles. The van der Waals surface area contributed by atoms with Gasteiger partial charge in [0.1, 0.15) is 5.75 Å². The predicted molar refractivity (Wildman–Crippen MR) is 68.5 cm³/mol. The molecule has 1 fully saturated rings. The zero-order chi connectivity index (χ0) is 14.2. The molecule has 0 bridgehead atoms. The Hall–Kier alpha value is -1.17. The molecule has 1 aliphatic carbocycles. The van der Waals surface area contributed by atoms with E-state index in [2.05, 4.69) is 15.9 Å². The van der Waals surface area contributed by atoms with E-state index in [0.717, 1.165) is 0 Å². The van der Waals surface area contributed by atoms with Crippen LogP contribution in [0.4, 0.5) is 8.78 Å². The zero-order valence-corrected chi connectivity index (χ0v) is 11.8. The normalized spacial score (nSPS) is 17.1. The predicted octanol–water partition coefficient (Wildman–Crippen LogP) is 3.80. The number of rotatable bonds is 5. The maximum absolute atomic E-state index is 14.2. The Kier molecular flexibility index (Phi) is 3.80. The highest BCUT2D eigenvalue weighted by atomic mass is 79.9. The van der Waals surface area contributed by atoms with E-state index >= 15 is 0 Å². The molecule has 0 radical (unpaired) electrons. The molecule has 1 aromatic carbocycles. The number of hydrogen-bond acceptors (Lipinski definition) is 2. The lowest BCUT2D eigenvalue weighted by Crippen LogP contribution is -2.25. The minimum atomic E-state index is -2.99. The van der Waals surface area contributed by atoms with Gasteiger partial charge in [0.05, 0.1) is 5.56 Å². The molecular weight excluding hydrogens is 322 g/mol. The van der Waals surface area contributed by atoms with Crippen molar-refractivity contribution in [1.29, 1.82) is 0 Å². The summed E-state index contributed by atoms with van der Waals surface area (Å²) in [5.41, 5.74) is -0.252. The topological polar surface area (TPSA) is 46.5 Å². The van der Waals surface area contributed by atoms with E-state index in [-0.39, 0.29) is 11.3 Å². The van der Waals surface area contributed by atoms with Crippen molar-refractivity contribution in [1.82, 2.24) is 0 Å². The summed E-state index contributed by atoms with van der Waals surface area (Å²) in [5, 5.41) is 8.79. The fourth-order valence-corrected chi connectivity index (χ4v) is 2.13. The van der Waals surface area contributed by atoms with Crippen molar-refractivity contribution in [2.24, 2.45) is 5.92 Å². The number of carboxylic acids is 1. The molecule has 0 amide bonds. The van der Waals surface area contributed by atoms with Crippen LogP contribution in [0.2, 0.25) is 0 Å². The van der Waals surface area contributed by atoms with Gasteiger partial charge < -0.3 is 9.84 Å². The molecule has 0 unspecified atom stereocenters. The fourth-order valence-electron chi connectivity index (χ4n) is 1.77. The molecule has 0 aliphatic heterocycles. The first kappa shape index (κ1) is 14.2. The molecule has 19 heavy (non-hydrogen) atoms. The van der Waals surface area contributed by atoms with Crippen LogP contribution in [-0.2, 0) is 10.7 Å². The number of hydrogen-bond donors (Lipinski definition) is 1. The molecule has 2 rings (SSSR count). The van der Waals surface area contributed by atoms with E-state index in [1.807, 2.05) is 0 Å². The van der Waals surface area contributed by atoms with E-state index in [1.54, 1.807) is 6.07 Å². The van der Waals surface area contributed by atoms with Gasteiger partial charge in [-0.25, -0.2) is 13.6 Å². The van der Waals surface area contributed by atoms with Crippen molar-refractivity contribution in [3.05, 3.63) is 28.2 Å². The molecule has 1 aromatic rings. The first-order valence-electron chi connectivity index (χ1n) is 5.89. The van der Waals surface area contributed by atoms with E-state index < -0.39 is 23.9 Å². The lowest BCUT2D eigenvalue weighted by Gasteiger charge is -2.21.